The van der Waals surface area contributed by atoms with E-state index in [1.54, 1.807) is 4.90 Å². The van der Waals surface area contributed by atoms with E-state index in [9.17, 15) is 9.90 Å². The van der Waals surface area contributed by atoms with Crippen molar-refractivity contribution in [2.45, 2.75) is 51.6 Å². The summed E-state index contributed by atoms with van der Waals surface area (Å²) in [6.07, 6.45) is 5.25. The zero-order valence-electron chi connectivity index (χ0n) is 15.1. The van der Waals surface area contributed by atoms with E-state index in [1.165, 1.54) is 5.56 Å². The molecule has 1 aliphatic heterocycles. The number of hydrogen-bond donors (Lipinski definition) is 2. The molecular formula is C20H28N2O3. The van der Waals surface area contributed by atoms with Crippen LogP contribution in [-0.2, 0) is 4.79 Å². The summed E-state index contributed by atoms with van der Waals surface area (Å²) < 4.78 is 5.93. The molecule has 136 valence electrons. The first-order valence-corrected chi connectivity index (χ1v) is 9.32. The summed E-state index contributed by atoms with van der Waals surface area (Å²) in [5.74, 6) is 1.24. The minimum Gasteiger partial charge on any atom is -0.483 e. The van der Waals surface area contributed by atoms with Crippen molar-refractivity contribution in [3.05, 3.63) is 30.0 Å². The summed E-state index contributed by atoms with van der Waals surface area (Å²) in [6, 6.07) is 5.93. The smallest absolute Gasteiger partial charge is 0.260 e. The number of nitrogens with one attached hydrogen (secondary N) is 1. The second-order valence-electron chi connectivity index (χ2n) is 6.84. The molecule has 3 rings (SSSR count). The Morgan fingerprint density at radius 3 is 2.72 bits per heavy atom. The van der Waals surface area contributed by atoms with Crippen LogP contribution >= 0.6 is 0 Å². The fourth-order valence-electron chi connectivity index (χ4n) is 3.69. The van der Waals surface area contributed by atoms with E-state index in [0.717, 1.165) is 29.5 Å². The van der Waals surface area contributed by atoms with Gasteiger partial charge in [-0.1, -0.05) is 19.9 Å². The van der Waals surface area contributed by atoms with Gasteiger partial charge in [0.15, 0.2) is 6.61 Å². The average molecular weight is 344 g/mol. The molecule has 5 heteroatoms. The predicted molar refractivity (Wildman–Crippen MR) is 98.9 cm³/mol. The minimum atomic E-state index is -0.277. The first-order chi connectivity index (χ1) is 12.1. The van der Waals surface area contributed by atoms with E-state index in [0.29, 0.717) is 31.8 Å². The van der Waals surface area contributed by atoms with Crippen LogP contribution in [0.3, 0.4) is 0 Å². The topological polar surface area (TPSA) is 65.6 Å². The molecule has 25 heavy (non-hydrogen) atoms. The van der Waals surface area contributed by atoms with Crippen molar-refractivity contribution < 1.29 is 14.6 Å². The second kappa shape index (κ2) is 7.91. The third-order valence-electron chi connectivity index (χ3n) is 5.29. The van der Waals surface area contributed by atoms with Crippen LogP contribution in [0.1, 0.15) is 51.0 Å². The molecule has 1 fully saturated rings. The molecule has 1 saturated heterocycles. The number of ether oxygens (including phenoxy) is 1. The number of nitrogens with zero attached hydrogens (tertiary/aromatic N) is 1. The van der Waals surface area contributed by atoms with Crippen LogP contribution in [0.4, 0.5) is 0 Å². The molecule has 0 unspecified atom stereocenters. The maximum Gasteiger partial charge on any atom is 0.260 e. The highest BCUT2D eigenvalue weighted by atomic mass is 16.5. The van der Waals surface area contributed by atoms with Crippen LogP contribution < -0.4 is 4.74 Å². The zero-order valence-corrected chi connectivity index (χ0v) is 15.1. The largest absolute Gasteiger partial charge is 0.483 e. The van der Waals surface area contributed by atoms with Gasteiger partial charge in [-0.05, 0) is 49.3 Å². The second-order valence-corrected chi connectivity index (χ2v) is 6.84. The molecule has 1 amide bonds. The Hall–Kier alpha value is -2.01. The lowest BCUT2D eigenvalue weighted by atomic mass is 9.93. The van der Waals surface area contributed by atoms with Crippen LogP contribution in [0, 0.1) is 0 Å². The van der Waals surface area contributed by atoms with E-state index >= 15 is 0 Å². The van der Waals surface area contributed by atoms with Gasteiger partial charge in [-0.25, -0.2) is 0 Å². The monoisotopic (exact) mass is 344 g/mol. The molecule has 0 spiro atoms. The summed E-state index contributed by atoms with van der Waals surface area (Å²) in [5.41, 5.74) is 2.32. The van der Waals surface area contributed by atoms with Gasteiger partial charge >= 0.3 is 0 Å². The number of carbonyl (C=O) groups is 1. The van der Waals surface area contributed by atoms with Gasteiger partial charge < -0.3 is 19.7 Å². The Morgan fingerprint density at radius 2 is 2.04 bits per heavy atom. The fraction of sp³-hybridized carbons (Fsp3) is 0.550. The summed E-state index contributed by atoms with van der Waals surface area (Å²) >= 11 is 0. The summed E-state index contributed by atoms with van der Waals surface area (Å²) in [5, 5.41) is 10.7. The summed E-state index contributed by atoms with van der Waals surface area (Å²) in [4.78, 5) is 17.5. The standard InChI is InChI=1S/C20H28N2O3/c1-3-14(4-2)16-12-21-17-6-5-7-18(20(16)17)25-13-19(24)22-10-8-15(23)9-11-22/h5-7,12,14-15,21,23H,3-4,8-11,13H2,1-2H3. The van der Waals surface area contributed by atoms with Gasteiger partial charge in [-0.15, -0.1) is 0 Å². The maximum absolute atomic E-state index is 12.4. The van der Waals surface area contributed by atoms with Gasteiger partial charge in [-0.3, -0.25) is 4.79 Å². The van der Waals surface area contributed by atoms with Crippen LogP contribution in [0.25, 0.3) is 10.9 Å². The van der Waals surface area contributed by atoms with Crippen LogP contribution in [0.15, 0.2) is 24.4 Å². The molecule has 1 aromatic carbocycles. The van der Waals surface area contributed by atoms with E-state index in [4.69, 9.17) is 4.74 Å². The van der Waals surface area contributed by atoms with Crippen molar-refractivity contribution >= 4 is 16.8 Å². The normalized spacial score (nSPS) is 15.9. The molecule has 2 aromatic rings. The van der Waals surface area contributed by atoms with Crippen molar-refractivity contribution in [1.82, 2.24) is 9.88 Å². The number of rotatable bonds is 6. The lowest BCUT2D eigenvalue weighted by Gasteiger charge is -2.29. The van der Waals surface area contributed by atoms with Gasteiger partial charge in [-0.2, -0.15) is 0 Å². The van der Waals surface area contributed by atoms with Crippen molar-refractivity contribution in [1.29, 1.82) is 0 Å². The molecule has 2 heterocycles. The Morgan fingerprint density at radius 1 is 1.32 bits per heavy atom. The highest BCUT2D eigenvalue weighted by Gasteiger charge is 2.22. The van der Waals surface area contributed by atoms with E-state index in [-0.39, 0.29) is 18.6 Å². The molecule has 2 N–H and O–H groups in total. The quantitative estimate of drug-likeness (QED) is 0.844. The zero-order chi connectivity index (χ0) is 17.8. The van der Waals surface area contributed by atoms with Crippen molar-refractivity contribution in [3.63, 3.8) is 0 Å². The number of piperidine rings is 1. The predicted octanol–water partition coefficient (Wildman–Crippen LogP) is 3.43. The van der Waals surface area contributed by atoms with Crippen LogP contribution in [-0.4, -0.2) is 46.7 Å². The molecule has 0 aliphatic carbocycles. The maximum atomic E-state index is 12.4. The number of aliphatic hydroxyl groups excluding tert-OH is 1. The Bertz CT molecular complexity index is 713. The molecule has 0 radical (unpaired) electrons. The Kier molecular flexibility index (Phi) is 5.63. The number of aliphatic hydroxyl groups is 1. The third kappa shape index (κ3) is 3.82. The van der Waals surface area contributed by atoms with Gasteiger partial charge in [0.1, 0.15) is 5.75 Å². The van der Waals surface area contributed by atoms with E-state index in [2.05, 4.69) is 25.0 Å². The van der Waals surface area contributed by atoms with Crippen molar-refractivity contribution in [2.24, 2.45) is 0 Å². The van der Waals surface area contributed by atoms with Crippen LogP contribution in [0.2, 0.25) is 0 Å². The number of hydrogen-bond acceptors (Lipinski definition) is 3. The molecule has 1 aromatic heterocycles. The molecular weight excluding hydrogens is 316 g/mol. The highest BCUT2D eigenvalue weighted by Crippen LogP contribution is 2.35. The lowest BCUT2D eigenvalue weighted by molar-refractivity contribution is -0.135. The summed E-state index contributed by atoms with van der Waals surface area (Å²) in [7, 11) is 0. The first kappa shape index (κ1) is 17.8. The number of fused-ring (bicyclic) bond motifs is 1. The Labute approximate surface area is 149 Å². The minimum absolute atomic E-state index is 0.0106. The molecule has 0 bridgehead atoms. The summed E-state index contributed by atoms with van der Waals surface area (Å²) in [6.45, 7) is 5.66. The average Bonchev–Trinajstić information content (AvgIpc) is 3.06. The number of benzene rings is 1. The van der Waals surface area contributed by atoms with Gasteiger partial charge in [0.25, 0.3) is 5.91 Å². The van der Waals surface area contributed by atoms with E-state index < -0.39 is 0 Å². The number of amides is 1. The number of aromatic amines is 1. The number of aromatic nitrogens is 1. The van der Waals surface area contributed by atoms with E-state index in [1.807, 2.05) is 18.2 Å². The highest BCUT2D eigenvalue weighted by molar-refractivity contribution is 5.90. The van der Waals surface area contributed by atoms with Gasteiger partial charge in [0.2, 0.25) is 0 Å². The number of likely N-dealkylation sites (tertiary alicyclic amines) is 1. The van der Waals surface area contributed by atoms with Crippen LogP contribution in [0.5, 0.6) is 5.75 Å². The Balaban J connectivity index is 1.75. The number of H-pyrrole nitrogens is 1. The first-order valence-electron chi connectivity index (χ1n) is 9.32. The van der Waals surface area contributed by atoms with Crippen molar-refractivity contribution in [3.8, 4) is 5.75 Å². The number of carbonyl (C=O) groups excluding carboxylic acids is 1. The van der Waals surface area contributed by atoms with Gasteiger partial charge in [0, 0.05) is 30.2 Å². The third-order valence-corrected chi connectivity index (χ3v) is 5.29. The lowest BCUT2D eigenvalue weighted by Crippen LogP contribution is -2.42. The molecule has 0 saturated carbocycles. The van der Waals surface area contributed by atoms with Crippen molar-refractivity contribution in [2.75, 3.05) is 19.7 Å². The molecule has 5 nitrogen and oxygen atoms in total. The van der Waals surface area contributed by atoms with Gasteiger partial charge in [0.05, 0.1) is 6.10 Å². The molecule has 1 aliphatic rings. The SMILES string of the molecule is CCC(CC)c1c[nH]c2cccc(OCC(=O)N3CCC(O)CC3)c12. The molecule has 0 atom stereocenters. The fourth-order valence-corrected chi connectivity index (χ4v) is 3.69.